The number of nitriles is 1. The van der Waals surface area contributed by atoms with E-state index in [0.717, 1.165) is 16.9 Å². The highest BCUT2D eigenvalue weighted by Crippen LogP contribution is 2.27. The molecule has 0 saturated carbocycles. The maximum absolute atomic E-state index is 12.1. The van der Waals surface area contributed by atoms with Crippen molar-refractivity contribution in [1.82, 2.24) is 0 Å². The summed E-state index contributed by atoms with van der Waals surface area (Å²) in [6, 6.07) is 14.9. The average molecular weight is 308 g/mol. The van der Waals surface area contributed by atoms with Crippen LogP contribution in [0, 0.1) is 18.3 Å². The number of hydrogen-bond donors (Lipinski definition) is 1. The van der Waals surface area contributed by atoms with Gasteiger partial charge < -0.3 is 10.1 Å². The third-order valence-electron chi connectivity index (χ3n) is 3.47. The maximum atomic E-state index is 12.1. The Morgan fingerprint density at radius 2 is 2.00 bits per heavy atom. The number of anilines is 1. The van der Waals surface area contributed by atoms with Crippen LogP contribution in [0.3, 0.4) is 0 Å². The molecule has 1 amide bonds. The molecule has 4 heteroatoms. The van der Waals surface area contributed by atoms with Gasteiger partial charge in [0, 0.05) is 0 Å². The zero-order valence-corrected chi connectivity index (χ0v) is 13.6. The fourth-order valence-corrected chi connectivity index (χ4v) is 2.26. The van der Waals surface area contributed by atoms with Gasteiger partial charge in [0.2, 0.25) is 0 Å². The molecule has 4 nitrogen and oxygen atoms in total. The van der Waals surface area contributed by atoms with Crippen molar-refractivity contribution in [2.24, 2.45) is 0 Å². The van der Waals surface area contributed by atoms with Crippen molar-refractivity contribution < 1.29 is 9.53 Å². The van der Waals surface area contributed by atoms with E-state index in [2.05, 4.69) is 25.2 Å². The van der Waals surface area contributed by atoms with Gasteiger partial charge in [-0.3, -0.25) is 4.79 Å². The zero-order chi connectivity index (χ0) is 16.8. The molecule has 2 aromatic carbocycles. The first-order valence-electron chi connectivity index (χ1n) is 7.53. The molecule has 2 aromatic rings. The summed E-state index contributed by atoms with van der Waals surface area (Å²) >= 11 is 0. The minimum absolute atomic E-state index is 0.0943. The Hall–Kier alpha value is -2.80. The van der Waals surface area contributed by atoms with E-state index in [4.69, 9.17) is 10.00 Å². The highest BCUT2D eigenvalue weighted by molar-refractivity contribution is 5.93. The molecule has 23 heavy (non-hydrogen) atoms. The Labute approximate surface area is 136 Å². The van der Waals surface area contributed by atoms with E-state index in [1.807, 2.05) is 25.1 Å². The van der Waals surface area contributed by atoms with Gasteiger partial charge in [0.1, 0.15) is 11.8 Å². The van der Waals surface area contributed by atoms with Gasteiger partial charge in [0.25, 0.3) is 5.91 Å². The second-order valence-electron chi connectivity index (χ2n) is 5.69. The van der Waals surface area contributed by atoms with Crippen molar-refractivity contribution in [3.63, 3.8) is 0 Å². The molecule has 0 saturated heterocycles. The first kappa shape index (κ1) is 16.6. The van der Waals surface area contributed by atoms with Crippen molar-refractivity contribution >= 4 is 11.6 Å². The Balaban J connectivity index is 2.05. The number of amides is 1. The number of ether oxygens (including phenoxy) is 1. The van der Waals surface area contributed by atoms with E-state index in [1.165, 1.54) is 0 Å². The number of nitrogens with zero attached hydrogens (tertiary/aromatic N) is 1. The molecule has 0 aliphatic heterocycles. The summed E-state index contributed by atoms with van der Waals surface area (Å²) in [5.41, 5.74) is 3.08. The number of para-hydroxylation sites is 1. The molecule has 0 atom stereocenters. The molecule has 0 aliphatic carbocycles. The zero-order valence-electron chi connectivity index (χ0n) is 13.6. The van der Waals surface area contributed by atoms with Gasteiger partial charge in [-0.1, -0.05) is 38.1 Å². The topological polar surface area (TPSA) is 62.1 Å². The van der Waals surface area contributed by atoms with Crippen LogP contribution < -0.4 is 10.1 Å². The largest absolute Gasteiger partial charge is 0.483 e. The van der Waals surface area contributed by atoms with E-state index >= 15 is 0 Å². The van der Waals surface area contributed by atoms with Gasteiger partial charge in [-0.15, -0.1) is 0 Å². The fourth-order valence-electron chi connectivity index (χ4n) is 2.26. The van der Waals surface area contributed by atoms with Gasteiger partial charge in [0.15, 0.2) is 6.61 Å². The molecule has 1 N–H and O–H groups in total. The maximum Gasteiger partial charge on any atom is 0.262 e. The van der Waals surface area contributed by atoms with Crippen molar-refractivity contribution in [1.29, 1.82) is 5.26 Å². The van der Waals surface area contributed by atoms with Gasteiger partial charge in [-0.25, -0.2) is 0 Å². The SMILES string of the molecule is Cc1ccc(C(C)C)c(OCC(=O)Nc2ccccc2C#N)c1. The summed E-state index contributed by atoms with van der Waals surface area (Å²) in [4.78, 5) is 12.1. The number of aryl methyl sites for hydroxylation is 1. The predicted octanol–water partition coefficient (Wildman–Crippen LogP) is 4.01. The molecule has 0 unspecified atom stereocenters. The Bertz CT molecular complexity index is 745. The van der Waals surface area contributed by atoms with Crippen molar-refractivity contribution in [2.75, 3.05) is 11.9 Å². The summed E-state index contributed by atoms with van der Waals surface area (Å²) in [5.74, 6) is 0.751. The lowest BCUT2D eigenvalue weighted by Gasteiger charge is -2.15. The summed E-state index contributed by atoms with van der Waals surface area (Å²) < 4.78 is 5.69. The minimum Gasteiger partial charge on any atom is -0.483 e. The second-order valence-corrected chi connectivity index (χ2v) is 5.69. The summed E-state index contributed by atoms with van der Waals surface area (Å²) in [6.07, 6.45) is 0. The molecule has 0 radical (unpaired) electrons. The van der Waals surface area contributed by atoms with Gasteiger partial charge in [-0.2, -0.15) is 5.26 Å². The number of carbonyl (C=O) groups excluding carboxylic acids is 1. The molecule has 0 aromatic heterocycles. The molecule has 0 heterocycles. The van der Waals surface area contributed by atoms with E-state index in [0.29, 0.717) is 17.2 Å². The van der Waals surface area contributed by atoms with E-state index in [-0.39, 0.29) is 12.5 Å². The van der Waals surface area contributed by atoms with Gasteiger partial charge >= 0.3 is 0 Å². The van der Waals surface area contributed by atoms with Crippen LogP contribution in [0.25, 0.3) is 0 Å². The van der Waals surface area contributed by atoms with Crippen LogP contribution >= 0.6 is 0 Å². The number of benzene rings is 2. The van der Waals surface area contributed by atoms with Crippen molar-refractivity contribution in [3.8, 4) is 11.8 Å². The molecule has 0 aliphatic rings. The van der Waals surface area contributed by atoms with Crippen LogP contribution in [0.15, 0.2) is 42.5 Å². The molecule has 0 bridgehead atoms. The van der Waals surface area contributed by atoms with Crippen LogP contribution in [-0.4, -0.2) is 12.5 Å². The first-order chi connectivity index (χ1) is 11.0. The number of nitrogens with one attached hydrogen (secondary N) is 1. The quantitative estimate of drug-likeness (QED) is 0.908. The number of carbonyl (C=O) groups is 1. The average Bonchev–Trinajstić information content (AvgIpc) is 2.53. The number of rotatable bonds is 5. The number of hydrogen-bond acceptors (Lipinski definition) is 3. The lowest BCUT2D eigenvalue weighted by atomic mass is 10.0. The van der Waals surface area contributed by atoms with Crippen LogP contribution in [-0.2, 0) is 4.79 Å². The second kappa shape index (κ2) is 7.46. The molecule has 0 spiro atoms. The van der Waals surface area contributed by atoms with Gasteiger partial charge in [0.05, 0.1) is 11.3 Å². The lowest BCUT2D eigenvalue weighted by Crippen LogP contribution is -2.21. The molecular weight excluding hydrogens is 288 g/mol. The third-order valence-corrected chi connectivity index (χ3v) is 3.47. The smallest absolute Gasteiger partial charge is 0.262 e. The Kier molecular flexibility index (Phi) is 5.37. The Morgan fingerprint density at radius 3 is 2.70 bits per heavy atom. The molecular formula is C19H20N2O2. The summed E-state index contributed by atoms with van der Waals surface area (Å²) in [5, 5.41) is 11.7. The predicted molar refractivity (Wildman–Crippen MR) is 90.5 cm³/mol. The van der Waals surface area contributed by atoms with Crippen LogP contribution in [0.1, 0.15) is 36.5 Å². The van der Waals surface area contributed by atoms with E-state index in [9.17, 15) is 4.79 Å². The van der Waals surface area contributed by atoms with Crippen molar-refractivity contribution in [2.45, 2.75) is 26.7 Å². The van der Waals surface area contributed by atoms with Crippen molar-refractivity contribution in [3.05, 3.63) is 59.2 Å². The molecule has 2 rings (SSSR count). The molecule has 0 fully saturated rings. The van der Waals surface area contributed by atoms with Gasteiger partial charge in [-0.05, 0) is 42.2 Å². The Morgan fingerprint density at radius 1 is 1.26 bits per heavy atom. The summed E-state index contributed by atoms with van der Waals surface area (Å²) in [6.45, 7) is 6.06. The minimum atomic E-state index is -0.288. The summed E-state index contributed by atoms with van der Waals surface area (Å²) in [7, 11) is 0. The molecule has 118 valence electrons. The standard InChI is InChI=1S/C19H20N2O2/c1-13(2)16-9-8-14(3)10-18(16)23-12-19(22)21-17-7-5-4-6-15(17)11-20/h4-10,13H,12H2,1-3H3,(H,21,22). The van der Waals surface area contributed by atoms with Crippen LogP contribution in [0.2, 0.25) is 0 Å². The normalized spacial score (nSPS) is 10.2. The van der Waals surface area contributed by atoms with E-state index < -0.39 is 0 Å². The van der Waals surface area contributed by atoms with Crippen LogP contribution in [0.5, 0.6) is 5.75 Å². The third kappa shape index (κ3) is 4.33. The highest BCUT2D eigenvalue weighted by Gasteiger charge is 2.11. The monoisotopic (exact) mass is 308 g/mol. The van der Waals surface area contributed by atoms with E-state index in [1.54, 1.807) is 24.3 Å². The highest BCUT2D eigenvalue weighted by atomic mass is 16.5. The fraction of sp³-hybridized carbons (Fsp3) is 0.263. The first-order valence-corrected chi connectivity index (χ1v) is 7.53. The van der Waals surface area contributed by atoms with Crippen LogP contribution in [0.4, 0.5) is 5.69 Å². The lowest BCUT2D eigenvalue weighted by molar-refractivity contribution is -0.118.